The Balaban J connectivity index is 2.30. The number of hydrogen-bond acceptors (Lipinski definition) is 1. The molecule has 18 heavy (non-hydrogen) atoms. The van der Waals surface area contributed by atoms with Gasteiger partial charge in [-0.2, -0.15) is 0 Å². The van der Waals surface area contributed by atoms with E-state index in [1.165, 1.54) is 0 Å². The molecule has 0 unspecified atom stereocenters. The zero-order valence-corrected chi connectivity index (χ0v) is 11.3. The normalized spacial score (nSPS) is 11.1. The minimum absolute atomic E-state index is 0.553. The number of H-pyrrole nitrogens is 1. The molecule has 0 aliphatic rings. The molecule has 0 amide bonds. The van der Waals surface area contributed by atoms with Gasteiger partial charge in [0.1, 0.15) is 11.3 Å². The second kappa shape index (κ2) is 4.47. The maximum Gasteiger partial charge on any atom is 0.141 e. The Morgan fingerprint density at radius 1 is 0.833 bits per heavy atom. The predicted molar refractivity (Wildman–Crippen MR) is 76.6 cm³/mol. The number of hydrogen-bond donors (Lipinski definition) is 1. The third kappa shape index (κ3) is 1.87. The molecule has 1 N–H and O–H groups in total. The smallest absolute Gasteiger partial charge is 0.141 e. The predicted octanol–water partition coefficient (Wildman–Crippen LogP) is 5.19. The minimum Gasteiger partial charge on any atom is -0.338 e. The summed E-state index contributed by atoms with van der Waals surface area (Å²) in [7, 11) is 0. The second-order valence-electron chi connectivity index (χ2n) is 3.82. The topological polar surface area (TPSA) is 28.7 Å². The number of halogens is 3. The number of aromatic nitrogens is 2. The van der Waals surface area contributed by atoms with Crippen molar-refractivity contribution >= 4 is 45.8 Å². The van der Waals surface area contributed by atoms with E-state index in [0.717, 1.165) is 5.52 Å². The van der Waals surface area contributed by atoms with Crippen LogP contribution in [0.15, 0.2) is 36.4 Å². The van der Waals surface area contributed by atoms with Crippen LogP contribution >= 0.6 is 34.8 Å². The number of nitrogens with zero attached hydrogens (tertiary/aromatic N) is 1. The van der Waals surface area contributed by atoms with Crippen LogP contribution in [0.3, 0.4) is 0 Å². The van der Waals surface area contributed by atoms with Crippen LogP contribution in [-0.2, 0) is 0 Å². The molecule has 3 rings (SSSR count). The SMILES string of the molecule is Clc1cccc(Cl)c1-c1nc2c(Cl)cccc2[nH]1. The summed E-state index contributed by atoms with van der Waals surface area (Å²) in [5.41, 5.74) is 2.26. The number of aromatic amines is 1. The number of nitrogens with one attached hydrogen (secondary N) is 1. The summed E-state index contributed by atoms with van der Waals surface area (Å²) >= 11 is 18.4. The lowest BCUT2D eigenvalue weighted by Crippen LogP contribution is -1.83. The van der Waals surface area contributed by atoms with E-state index in [9.17, 15) is 0 Å². The summed E-state index contributed by atoms with van der Waals surface area (Å²) in [6.45, 7) is 0. The van der Waals surface area contributed by atoms with E-state index < -0.39 is 0 Å². The standard InChI is InChI=1S/C13H7Cl3N2/c14-7-3-1-4-8(15)11(7)13-17-10-6-2-5-9(16)12(10)18-13/h1-6H,(H,17,18). The van der Waals surface area contributed by atoms with E-state index in [-0.39, 0.29) is 0 Å². The molecular formula is C13H7Cl3N2. The summed E-state index contributed by atoms with van der Waals surface area (Å²) in [5, 5.41) is 1.70. The van der Waals surface area contributed by atoms with Gasteiger partial charge in [0.05, 0.1) is 26.1 Å². The highest BCUT2D eigenvalue weighted by molar-refractivity contribution is 6.39. The van der Waals surface area contributed by atoms with Gasteiger partial charge >= 0.3 is 0 Å². The molecule has 0 saturated carbocycles. The first-order chi connectivity index (χ1) is 8.66. The first-order valence-electron chi connectivity index (χ1n) is 5.25. The van der Waals surface area contributed by atoms with Gasteiger partial charge < -0.3 is 4.98 Å². The third-order valence-electron chi connectivity index (χ3n) is 2.66. The van der Waals surface area contributed by atoms with Crippen molar-refractivity contribution in [1.82, 2.24) is 9.97 Å². The molecule has 2 aromatic carbocycles. The first-order valence-corrected chi connectivity index (χ1v) is 6.39. The highest BCUT2D eigenvalue weighted by Crippen LogP contribution is 2.34. The molecule has 0 radical (unpaired) electrons. The van der Waals surface area contributed by atoms with Crippen molar-refractivity contribution in [2.24, 2.45) is 0 Å². The summed E-state index contributed by atoms with van der Waals surface area (Å²) in [5.74, 6) is 0.619. The van der Waals surface area contributed by atoms with Gasteiger partial charge in [-0.25, -0.2) is 4.98 Å². The molecule has 0 bridgehead atoms. The van der Waals surface area contributed by atoms with Crippen molar-refractivity contribution in [1.29, 1.82) is 0 Å². The zero-order chi connectivity index (χ0) is 12.7. The summed E-state index contributed by atoms with van der Waals surface area (Å²) in [4.78, 5) is 7.62. The summed E-state index contributed by atoms with van der Waals surface area (Å²) < 4.78 is 0. The third-order valence-corrected chi connectivity index (χ3v) is 3.60. The Hall–Kier alpha value is -1.22. The molecule has 1 heterocycles. The molecule has 3 aromatic rings. The molecule has 2 nitrogen and oxygen atoms in total. The fraction of sp³-hybridized carbons (Fsp3) is 0. The summed E-state index contributed by atoms with van der Waals surface area (Å²) in [6, 6.07) is 10.9. The van der Waals surface area contributed by atoms with Gasteiger partial charge in [-0.05, 0) is 24.3 Å². The van der Waals surface area contributed by atoms with E-state index in [2.05, 4.69) is 9.97 Å². The molecule has 0 saturated heterocycles. The van der Waals surface area contributed by atoms with Gasteiger partial charge in [-0.1, -0.05) is 46.9 Å². The lowest BCUT2D eigenvalue weighted by atomic mass is 10.2. The van der Waals surface area contributed by atoms with Crippen LogP contribution in [-0.4, -0.2) is 9.97 Å². The number of benzene rings is 2. The number of para-hydroxylation sites is 1. The quantitative estimate of drug-likeness (QED) is 0.658. The molecule has 0 atom stereocenters. The van der Waals surface area contributed by atoms with E-state index in [4.69, 9.17) is 34.8 Å². The van der Waals surface area contributed by atoms with Crippen LogP contribution in [0.4, 0.5) is 0 Å². The largest absolute Gasteiger partial charge is 0.338 e. The van der Waals surface area contributed by atoms with E-state index in [1.54, 1.807) is 24.3 Å². The number of imidazole rings is 1. The first kappa shape index (κ1) is 11.8. The molecular weight excluding hydrogens is 291 g/mol. The fourth-order valence-electron chi connectivity index (χ4n) is 1.84. The van der Waals surface area contributed by atoms with Crippen molar-refractivity contribution in [3.05, 3.63) is 51.5 Å². The van der Waals surface area contributed by atoms with Crippen molar-refractivity contribution < 1.29 is 0 Å². The van der Waals surface area contributed by atoms with E-state index >= 15 is 0 Å². The van der Waals surface area contributed by atoms with Crippen molar-refractivity contribution in [2.45, 2.75) is 0 Å². The number of rotatable bonds is 1. The zero-order valence-electron chi connectivity index (χ0n) is 9.05. The molecule has 1 aromatic heterocycles. The molecule has 90 valence electrons. The Morgan fingerprint density at radius 3 is 2.11 bits per heavy atom. The van der Waals surface area contributed by atoms with E-state index in [1.807, 2.05) is 12.1 Å². The van der Waals surface area contributed by atoms with Gasteiger partial charge in [0, 0.05) is 0 Å². The van der Waals surface area contributed by atoms with Gasteiger partial charge in [-0.15, -0.1) is 0 Å². The average Bonchev–Trinajstić information content (AvgIpc) is 2.74. The lowest BCUT2D eigenvalue weighted by molar-refractivity contribution is 1.34. The lowest BCUT2D eigenvalue weighted by Gasteiger charge is -2.02. The Morgan fingerprint density at radius 2 is 1.44 bits per heavy atom. The van der Waals surface area contributed by atoms with Gasteiger partial charge in [0.2, 0.25) is 0 Å². The molecule has 5 heteroatoms. The molecule has 0 aliphatic heterocycles. The van der Waals surface area contributed by atoms with Crippen LogP contribution in [0.1, 0.15) is 0 Å². The number of fused-ring (bicyclic) bond motifs is 1. The fourth-order valence-corrected chi connectivity index (χ4v) is 2.63. The Bertz CT molecular complexity index is 714. The molecule has 0 fully saturated rings. The monoisotopic (exact) mass is 296 g/mol. The highest BCUT2D eigenvalue weighted by Gasteiger charge is 2.13. The van der Waals surface area contributed by atoms with Gasteiger partial charge in [0.15, 0.2) is 0 Å². The maximum atomic E-state index is 6.15. The Kier molecular flexibility index (Phi) is 2.94. The van der Waals surface area contributed by atoms with Crippen LogP contribution in [0.25, 0.3) is 22.4 Å². The van der Waals surface area contributed by atoms with Gasteiger partial charge in [0.25, 0.3) is 0 Å². The van der Waals surface area contributed by atoms with Gasteiger partial charge in [-0.3, -0.25) is 0 Å². The van der Waals surface area contributed by atoms with Crippen LogP contribution in [0, 0.1) is 0 Å². The second-order valence-corrected chi connectivity index (χ2v) is 5.04. The van der Waals surface area contributed by atoms with Crippen molar-refractivity contribution in [3.63, 3.8) is 0 Å². The van der Waals surface area contributed by atoms with Crippen LogP contribution in [0.5, 0.6) is 0 Å². The summed E-state index contributed by atoms with van der Waals surface area (Å²) in [6.07, 6.45) is 0. The minimum atomic E-state index is 0.553. The highest BCUT2D eigenvalue weighted by atomic mass is 35.5. The molecule has 0 aliphatic carbocycles. The average molecular weight is 298 g/mol. The molecule has 0 spiro atoms. The van der Waals surface area contributed by atoms with Crippen LogP contribution < -0.4 is 0 Å². The van der Waals surface area contributed by atoms with Crippen LogP contribution in [0.2, 0.25) is 15.1 Å². The van der Waals surface area contributed by atoms with Crippen molar-refractivity contribution in [3.8, 4) is 11.4 Å². The maximum absolute atomic E-state index is 6.15. The Labute approximate surface area is 119 Å². The van der Waals surface area contributed by atoms with E-state index in [0.29, 0.717) is 32.0 Å². The van der Waals surface area contributed by atoms with Crippen molar-refractivity contribution in [2.75, 3.05) is 0 Å².